The smallest absolute Gasteiger partial charge is 0.321 e. The van der Waals surface area contributed by atoms with E-state index in [4.69, 9.17) is 0 Å². The van der Waals surface area contributed by atoms with Gasteiger partial charge in [-0.3, -0.25) is 0 Å². The lowest BCUT2D eigenvalue weighted by Crippen LogP contribution is -2.72. The third-order valence-electron chi connectivity index (χ3n) is 6.09. The largest absolute Gasteiger partial charge is 0.321 e. The van der Waals surface area contributed by atoms with E-state index in [0.29, 0.717) is 18.0 Å². The van der Waals surface area contributed by atoms with E-state index in [1.807, 2.05) is 35.2 Å². The second-order valence-electron chi connectivity index (χ2n) is 8.10. The number of hydrogen-bond donors (Lipinski definition) is 2. The first-order valence-corrected chi connectivity index (χ1v) is 10.2. The van der Waals surface area contributed by atoms with Gasteiger partial charge < -0.3 is 15.5 Å². The molecule has 0 radical (unpaired) electrons. The second-order valence-corrected chi connectivity index (χ2v) is 8.10. The summed E-state index contributed by atoms with van der Waals surface area (Å²) in [5.74, 6) is 0.474. The van der Waals surface area contributed by atoms with Crippen LogP contribution in [0.4, 0.5) is 10.5 Å². The molecule has 0 aliphatic carbocycles. The van der Waals surface area contributed by atoms with Crippen LogP contribution in [0.15, 0.2) is 78.9 Å². The zero-order chi connectivity index (χ0) is 19.8. The van der Waals surface area contributed by atoms with E-state index in [0.717, 1.165) is 18.8 Å². The Morgan fingerprint density at radius 2 is 1.62 bits per heavy atom. The number of piperazine rings is 1. The highest BCUT2D eigenvalue weighted by atomic mass is 16.2. The lowest BCUT2D eigenvalue weighted by Gasteiger charge is -2.54. The third kappa shape index (κ3) is 3.52. The molecule has 1 unspecified atom stereocenters. The first-order valence-electron chi connectivity index (χ1n) is 10.2. The molecule has 4 heteroatoms. The first-order chi connectivity index (χ1) is 14.2. The van der Waals surface area contributed by atoms with Gasteiger partial charge in [0, 0.05) is 36.8 Å². The minimum Gasteiger partial charge on any atom is -0.321 e. The van der Waals surface area contributed by atoms with Gasteiger partial charge in [-0.25, -0.2) is 4.79 Å². The lowest BCUT2D eigenvalue weighted by atomic mass is 9.74. The van der Waals surface area contributed by atoms with Gasteiger partial charge in [0.25, 0.3) is 0 Å². The molecule has 2 bridgehead atoms. The maximum Gasteiger partial charge on any atom is 0.321 e. The fraction of sp³-hybridized carbons (Fsp3) is 0.240. The molecular formula is C25H25N3O. The molecule has 3 atom stereocenters. The van der Waals surface area contributed by atoms with Gasteiger partial charge in [0.1, 0.15) is 0 Å². The highest BCUT2D eigenvalue weighted by molar-refractivity contribution is 5.89. The second kappa shape index (κ2) is 7.37. The summed E-state index contributed by atoms with van der Waals surface area (Å²) < 4.78 is 0. The van der Waals surface area contributed by atoms with Crippen molar-refractivity contribution in [2.45, 2.75) is 24.9 Å². The zero-order valence-corrected chi connectivity index (χ0v) is 16.5. The topological polar surface area (TPSA) is 44.4 Å². The van der Waals surface area contributed by atoms with Crippen molar-refractivity contribution in [1.82, 2.24) is 10.2 Å². The van der Waals surface area contributed by atoms with Gasteiger partial charge in [0.15, 0.2) is 0 Å². The quantitative estimate of drug-likeness (QED) is 0.692. The predicted octanol–water partition coefficient (Wildman–Crippen LogP) is 4.63. The standard InChI is InChI=1S/C25H25N3O/c1-17-6-5-7-20(14-17)18-10-12-19(13-11-18)24-22-15-28(16-23(24)27-22)25(29)26-21-8-3-2-4-9-21/h2-14,22-24,27H,15-16H2,1H3,(H,26,29)/t22-,23+,24?. The number of rotatable bonds is 3. The van der Waals surface area contributed by atoms with Crippen LogP contribution in [-0.2, 0) is 0 Å². The molecule has 0 saturated carbocycles. The van der Waals surface area contributed by atoms with E-state index >= 15 is 0 Å². The molecule has 0 aromatic heterocycles. The van der Waals surface area contributed by atoms with E-state index < -0.39 is 0 Å². The molecule has 2 N–H and O–H groups in total. The van der Waals surface area contributed by atoms with Crippen LogP contribution in [0.3, 0.4) is 0 Å². The average molecular weight is 383 g/mol. The van der Waals surface area contributed by atoms with Crippen LogP contribution in [0, 0.1) is 6.92 Å². The summed E-state index contributed by atoms with van der Waals surface area (Å²) in [6.45, 7) is 3.59. The number of benzene rings is 3. The Morgan fingerprint density at radius 1 is 0.897 bits per heavy atom. The molecule has 3 fully saturated rings. The van der Waals surface area contributed by atoms with Crippen molar-refractivity contribution in [3.05, 3.63) is 90.0 Å². The molecule has 0 spiro atoms. The summed E-state index contributed by atoms with van der Waals surface area (Å²) in [6.07, 6.45) is 0. The molecule has 29 heavy (non-hydrogen) atoms. The summed E-state index contributed by atoms with van der Waals surface area (Å²) in [4.78, 5) is 14.5. The monoisotopic (exact) mass is 383 g/mol. The van der Waals surface area contributed by atoms with Crippen LogP contribution in [-0.4, -0.2) is 36.1 Å². The number of para-hydroxylation sites is 1. The number of urea groups is 1. The fourth-order valence-corrected chi connectivity index (χ4v) is 4.60. The fourth-order valence-electron chi connectivity index (χ4n) is 4.60. The van der Waals surface area contributed by atoms with E-state index in [1.165, 1.54) is 22.3 Å². The summed E-state index contributed by atoms with van der Waals surface area (Å²) in [5, 5.41) is 6.61. The summed E-state index contributed by atoms with van der Waals surface area (Å²) in [6, 6.07) is 27.8. The Kier molecular flexibility index (Phi) is 4.57. The minimum atomic E-state index is -0.0130. The van der Waals surface area contributed by atoms with E-state index in [2.05, 4.69) is 66.1 Å². The highest BCUT2D eigenvalue weighted by Crippen LogP contribution is 2.37. The summed E-state index contributed by atoms with van der Waals surface area (Å²) in [5.41, 5.74) is 5.98. The van der Waals surface area contributed by atoms with Crippen LogP contribution in [0.25, 0.3) is 11.1 Å². The Bertz CT molecular complexity index is 1000. The van der Waals surface area contributed by atoms with Crippen molar-refractivity contribution in [1.29, 1.82) is 0 Å². The number of fused-ring (bicyclic) bond motifs is 2. The Hall–Kier alpha value is -3.11. The summed E-state index contributed by atoms with van der Waals surface area (Å²) >= 11 is 0. The normalized spacial score (nSPS) is 22.7. The van der Waals surface area contributed by atoms with Crippen molar-refractivity contribution >= 4 is 11.7 Å². The first kappa shape index (κ1) is 18.0. The zero-order valence-electron chi connectivity index (χ0n) is 16.5. The number of nitrogens with zero attached hydrogens (tertiary/aromatic N) is 1. The van der Waals surface area contributed by atoms with Gasteiger partial charge in [0.2, 0.25) is 0 Å². The lowest BCUT2D eigenvalue weighted by molar-refractivity contribution is 0.0759. The SMILES string of the molecule is Cc1cccc(-c2ccc(C3[C@@H]4CN(C(=O)Nc5ccccc5)C[C@H]3N4)cc2)c1. The van der Waals surface area contributed by atoms with E-state index in [1.54, 1.807) is 0 Å². The molecule has 3 heterocycles. The van der Waals surface area contributed by atoms with Crippen LogP contribution in [0.1, 0.15) is 17.0 Å². The summed E-state index contributed by atoms with van der Waals surface area (Å²) in [7, 11) is 0. The molecule has 3 aromatic rings. The van der Waals surface area contributed by atoms with E-state index in [-0.39, 0.29) is 6.03 Å². The number of carbonyl (C=O) groups excluding carboxylic acids is 1. The molecule has 6 rings (SSSR count). The third-order valence-corrected chi connectivity index (χ3v) is 6.09. The Morgan fingerprint density at radius 3 is 2.31 bits per heavy atom. The van der Waals surface area contributed by atoms with Gasteiger partial charge in [0.05, 0.1) is 0 Å². The molecule has 3 aliphatic heterocycles. The van der Waals surface area contributed by atoms with Crippen molar-refractivity contribution in [3.63, 3.8) is 0 Å². The van der Waals surface area contributed by atoms with Crippen LogP contribution < -0.4 is 10.6 Å². The van der Waals surface area contributed by atoms with Crippen LogP contribution >= 0.6 is 0 Å². The van der Waals surface area contributed by atoms with Crippen LogP contribution in [0.2, 0.25) is 0 Å². The van der Waals surface area contributed by atoms with Crippen molar-refractivity contribution in [3.8, 4) is 11.1 Å². The molecule has 3 aromatic carbocycles. The van der Waals surface area contributed by atoms with Gasteiger partial charge in [-0.1, -0.05) is 72.3 Å². The molecule has 3 aliphatic rings. The van der Waals surface area contributed by atoms with Crippen LogP contribution in [0.5, 0.6) is 0 Å². The van der Waals surface area contributed by atoms with Gasteiger partial charge in [-0.05, 0) is 35.7 Å². The van der Waals surface area contributed by atoms with Crippen molar-refractivity contribution in [2.75, 3.05) is 18.4 Å². The molecule has 146 valence electrons. The molecule has 2 amide bonds. The van der Waals surface area contributed by atoms with Gasteiger partial charge in [-0.2, -0.15) is 0 Å². The number of anilines is 1. The predicted molar refractivity (Wildman–Crippen MR) is 117 cm³/mol. The molecule has 4 nitrogen and oxygen atoms in total. The average Bonchev–Trinajstić information content (AvgIpc) is 2.75. The number of nitrogens with one attached hydrogen (secondary N) is 2. The minimum absolute atomic E-state index is 0.0130. The number of carbonyl (C=O) groups is 1. The number of hydrogen-bond acceptors (Lipinski definition) is 2. The maximum absolute atomic E-state index is 12.6. The highest BCUT2D eigenvalue weighted by Gasteiger charge is 2.48. The molecule has 3 saturated heterocycles. The van der Waals surface area contributed by atoms with Crippen molar-refractivity contribution < 1.29 is 4.79 Å². The van der Waals surface area contributed by atoms with Gasteiger partial charge >= 0.3 is 6.03 Å². The Balaban J connectivity index is 1.25. The Labute approximate surface area is 171 Å². The number of aryl methyl sites for hydroxylation is 1. The van der Waals surface area contributed by atoms with E-state index in [9.17, 15) is 4.79 Å². The number of amides is 2. The maximum atomic E-state index is 12.6. The molecular weight excluding hydrogens is 358 g/mol. The van der Waals surface area contributed by atoms with Crippen molar-refractivity contribution in [2.24, 2.45) is 0 Å². The number of piperidine rings is 1. The van der Waals surface area contributed by atoms with Gasteiger partial charge in [-0.15, -0.1) is 0 Å².